The average Bonchev–Trinajstić information content (AvgIpc) is 2.41. The van der Waals surface area contributed by atoms with Gasteiger partial charge < -0.3 is 11.1 Å². The lowest BCUT2D eigenvalue weighted by Gasteiger charge is -2.34. The predicted molar refractivity (Wildman–Crippen MR) is 92.5 cm³/mol. The molecule has 2 atom stereocenters. The highest BCUT2D eigenvalue weighted by atomic mass is 35.5. The number of halogens is 2. The predicted octanol–water partition coefficient (Wildman–Crippen LogP) is 3.34. The van der Waals surface area contributed by atoms with Crippen molar-refractivity contribution in [2.75, 3.05) is 29.9 Å². The highest BCUT2D eigenvalue weighted by molar-refractivity contribution is 7.99. The van der Waals surface area contributed by atoms with Gasteiger partial charge in [-0.05, 0) is 19.1 Å². The van der Waals surface area contributed by atoms with E-state index in [0.29, 0.717) is 26.7 Å². The summed E-state index contributed by atoms with van der Waals surface area (Å²) >= 11 is 14.1. The highest BCUT2D eigenvalue weighted by Crippen LogP contribution is 2.33. The molecule has 21 heavy (non-hydrogen) atoms. The summed E-state index contributed by atoms with van der Waals surface area (Å²) in [6.45, 7) is 5.89. The van der Waals surface area contributed by atoms with E-state index in [1.807, 2.05) is 18.7 Å². The molecule has 7 heteroatoms. The Labute approximate surface area is 139 Å². The number of benzene rings is 1. The summed E-state index contributed by atoms with van der Waals surface area (Å²) < 4.78 is 0. The molecule has 1 heterocycles. The number of nitrogens with two attached hydrogens (primary N) is 1. The number of rotatable bonds is 3. The van der Waals surface area contributed by atoms with E-state index in [9.17, 15) is 4.79 Å². The van der Waals surface area contributed by atoms with Crippen LogP contribution in [0.4, 0.5) is 11.4 Å². The van der Waals surface area contributed by atoms with Gasteiger partial charge in [-0.15, -0.1) is 0 Å². The highest BCUT2D eigenvalue weighted by Gasteiger charge is 2.26. The molecule has 0 bridgehead atoms. The van der Waals surface area contributed by atoms with Gasteiger partial charge in [-0.2, -0.15) is 11.8 Å². The Hall–Kier alpha value is -0.620. The summed E-state index contributed by atoms with van der Waals surface area (Å²) in [5.74, 6) is 0.935. The van der Waals surface area contributed by atoms with E-state index in [-0.39, 0.29) is 11.9 Å². The molecule has 1 amide bonds. The van der Waals surface area contributed by atoms with Crippen LogP contribution in [0.25, 0.3) is 0 Å². The number of carbonyl (C=O) groups is 1. The lowest BCUT2D eigenvalue weighted by molar-refractivity contribution is -0.120. The van der Waals surface area contributed by atoms with Crippen molar-refractivity contribution >= 4 is 52.2 Å². The molecule has 0 radical (unpaired) electrons. The number of nitrogen functional groups attached to an aromatic ring is 1. The molecule has 1 saturated heterocycles. The number of nitrogens with zero attached hydrogens (tertiary/aromatic N) is 1. The SMILES string of the molecule is CC1CN(C(C)C(=O)Nc2c(Cl)cc(N)cc2Cl)CCS1. The smallest absolute Gasteiger partial charge is 0.241 e. The Kier molecular flexibility index (Phi) is 5.66. The van der Waals surface area contributed by atoms with Crippen molar-refractivity contribution in [2.45, 2.75) is 25.1 Å². The standard InChI is InChI=1S/C14H19Cl2N3OS/c1-8-7-19(3-4-21-8)9(2)14(20)18-13-11(15)5-10(17)6-12(13)16/h5-6,8-9H,3-4,7,17H2,1-2H3,(H,18,20). The first kappa shape index (κ1) is 16.7. The molecule has 2 unspecified atom stereocenters. The fourth-order valence-electron chi connectivity index (χ4n) is 2.30. The van der Waals surface area contributed by atoms with Crippen molar-refractivity contribution in [1.82, 2.24) is 4.90 Å². The molecule has 0 aliphatic carbocycles. The quantitative estimate of drug-likeness (QED) is 0.823. The minimum Gasteiger partial charge on any atom is -0.399 e. The third-order valence-electron chi connectivity index (χ3n) is 3.51. The van der Waals surface area contributed by atoms with Gasteiger partial charge in [0.05, 0.1) is 21.8 Å². The Morgan fingerprint density at radius 3 is 2.67 bits per heavy atom. The van der Waals surface area contributed by atoms with Crippen molar-refractivity contribution in [3.63, 3.8) is 0 Å². The number of carbonyl (C=O) groups excluding carboxylic acids is 1. The topological polar surface area (TPSA) is 58.4 Å². The molecule has 1 aliphatic rings. The summed E-state index contributed by atoms with van der Waals surface area (Å²) in [6, 6.07) is 2.93. The van der Waals surface area contributed by atoms with Gasteiger partial charge in [0.1, 0.15) is 0 Å². The zero-order valence-electron chi connectivity index (χ0n) is 12.0. The first-order valence-corrected chi connectivity index (χ1v) is 8.60. The molecule has 1 aromatic carbocycles. The second-order valence-corrected chi connectivity index (χ2v) is 7.56. The molecule has 1 aliphatic heterocycles. The van der Waals surface area contributed by atoms with Gasteiger partial charge in [-0.3, -0.25) is 9.69 Å². The molecule has 2 rings (SSSR count). The number of anilines is 2. The first-order chi connectivity index (χ1) is 9.88. The van der Waals surface area contributed by atoms with Crippen LogP contribution >= 0.6 is 35.0 Å². The lowest BCUT2D eigenvalue weighted by atomic mass is 10.2. The monoisotopic (exact) mass is 347 g/mol. The number of hydrogen-bond acceptors (Lipinski definition) is 4. The molecule has 0 saturated carbocycles. The van der Waals surface area contributed by atoms with E-state index < -0.39 is 0 Å². The maximum atomic E-state index is 12.4. The van der Waals surface area contributed by atoms with Crippen LogP contribution < -0.4 is 11.1 Å². The molecule has 116 valence electrons. The van der Waals surface area contributed by atoms with Crippen molar-refractivity contribution in [3.05, 3.63) is 22.2 Å². The van der Waals surface area contributed by atoms with Crippen molar-refractivity contribution in [2.24, 2.45) is 0 Å². The Morgan fingerprint density at radius 1 is 1.48 bits per heavy atom. The molecular formula is C14H19Cl2N3OS. The molecule has 3 N–H and O–H groups in total. The minimum absolute atomic E-state index is 0.109. The fourth-order valence-corrected chi connectivity index (χ4v) is 3.94. The summed E-state index contributed by atoms with van der Waals surface area (Å²) in [5, 5.41) is 4.05. The summed E-state index contributed by atoms with van der Waals surface area (Å²) in [4.78, 5) is 14.6. The second-order valence-electron chi connectivity index (χ2n) is 5.20. The molecule has 4 nitrogen and oxygen atoms in total. The fraction of sp³-hybridized carbons (Fsp3) is 0.500. The maximum absolute atomic E-state index is 12.4. The Bertz CT molecular complexity index is 518. The first-order valence-electron chi connectivity index (χ1n) is 6.79. The van der Waals surface area contributed by atoms with E-state index in [2.05, 4.69) is 17.1 Å². The van der Waals surface area contributed by atoms with Crippen LogP contribution in [-0.2, 0) is 4.79 Å². The third-order valence-corrected chi connectivity index (χ3v) is 5.24. The van der Waals surface area contributed by atoms with Crippen LogP contribution in [0.5, 0.6) is 0 Å². The maximum Gasteiger partial charge on any atom is 0.241 e. The largest absolute Gasteiger partial charge is 0.399 e. The van der Waals surface area contributed by atoms with Gasteiger partial charge in [0.2, 0.25) is 5.91 Å². The third kappa shape index (κ3) is 4.19. The normalized spacial score (nSPS) is 21.0. The minimum atomic E-state index is -0.224. The van der Waals surface area contributed by atoms with Gasteiger partial charge in [0, 0.05) is 29.8 Å². The molecule has 1 fully saturated rings. The van der Waals surface area contributed by atoms with Gasteiger partial charge in [0.25, 0.3) is 0 Å². The molecule has 1 aromatic rings. The van der Waals surface area contributed by atoms with E-state index in [1.165, 1.54) is 0 Å². The lowest BCUT2D eigenvalue weighted by Crippen LogP contribution is -2.47. The Morgan fingerprint density at radius 2 is 2.10 bits per heavy atom. The van der Waals surface area contributed by atoms with Crippen LogP contribution in [0.1, 0.15) is 13.8 Å². The van der Waals surface area contributed by atoms with E-state index in [0.717, 1.165) is 18.8 Å². The zero-order valence-corrected chi connectivity index (χ0v) is 14.4. The number of amides is 1. The Balaban J connectivity index is 2.07. The average molecular weight is 348 g/mol. The van der Waals surface area contributed by atoms with Crippen LogP contribution in [0.3, 0.4) is 0 Å². The van der Waals surface area contributed by atoms with Gasteiger partial charge in [0.15, 0.2) is 0 Å². The van der Waals surface area contributed by atoms with Crippen LogP contribution in [0.2, 0.25) is 10.0 Å². The van der Waals surface area contributed by atoms with Gasteiger partial charge in [-0.1, -0.05) is 30.1 Å². The number of thioether (sulfide) groups is 1. The van der Waals surface area contributed by atoms with E-state index in [4.69, 9.17) is 28.9 Å². The van der Waals surface area contributed by atoms with Gasteiger partial charge >= 0.3 is 0 Å². The summed E-state index contributed by atoms with van der Waals surface area (Å²) in [6.07, 6.45) is 0. The van der Waals surface area contributed by atoms with Crippen LogP contribution in [-0.4, -0.2) is 40.9 Å². The van der Waals surface area contributed by atoms with Crippen molar-refractivity contribution < 1.29 is 4.79 Å². The van der Waals surface area contributed by atoms with Crippen LogP contribution in [0, 0.1) is 0 Å². The number of hydrogen-bond donors (Lipinski definition) is 2. The molecular weight excluding hydrogens is 329 g/mol. The summed E-state index contributed by atoms with van der Waals surface area (Å²) in [7, 11) is 0. The van der Waals surface area contributed by atoms with E-state index in [1.54, 1.807) is 12.1 Å². The number of nitrogens with one attached hydrogen (secondary N) is 1. The summed E-state index contributed by atoms with van der Waals surface area (Å²) in [5.41, 5.74) is 6.55. The van der Waals surface area contributed by atoms with Crippen molar-refractivity contribution in [3.8, 4) is 0 Å². The van der Waals surface area contributed by atoms with E-state index >= 15 is 0 Å². The van der Waals surface area contributed by atoms with Gasteiger partial charge in [-0.25, -0.2) is 0 Å². The second kappa shape index (κ2) is 7.09. The molecule has 0 spiro atoms. The van der Waals surface area contributed by atoms with Crippen molar-refractivity contribution in [1.29, 1.82) is 0 Å². The van der Waals surface area contributed by atoms with Crippen LogP contribution in [0.15, 0.2) is 12.1 Å². The molecule has 0 aromatic heterocycles. The zero-order chi connectivity index (χ0) is 15.6.